The summed E-state index contributed by atoms with van der Waals surface area (Å²) in [4.78, 5) is 8.38. The monoisotopic (exact) mass is 296 g/mol. The number of aromatic nitrogens is 4. The molecule has 110 valence electrons. The second-order valence-corrected chi connectivity index (χ2v) is 4.59. The van der Waals surface area contributed by atoms with Gasteiger partial charge in [0, 0.05) is 18.0 Å². The van der Waals surface area contributed by atoms with Crippen LogP contribution < -0.4 is 20.5 Å². The summed E-state index contributed by atoms with van der Waals surface area (Å²) in [5, 5.41) is 7.38. The quantitative estimate of drug-likeness (QED) is 0.759. The number of anilines is 3. The van der Waals surface area contributed by atoms with E-state index in [1.54, 1.807) is 12.3 Å². The SMILES string of the molecule is Nc1nc(Nc2ccc3c(c2)OCO3)nn1-c1ccccn1. The summed E-state index contributed by atoms with van der Waals surface area (Å²) in [6.07, 6.45) is 1.67. The third-order valence-electron chi connectivity index (χ3n) is 3.13. The number of nitrogen functional groups attached to an aromatic ring is 1. The van der Waals surface area contributed by atoms with Crippen molar-refractivity contribution < 1.29 is 9.47 Å². The van der Waals surface area contributed by atoms with Crippen LogP contribution in [0.25, 0.3) is 5.82 Å². The number of pyridine rings is 1. The predicted octanol–water partition coefficient (Wildman–Crippen LogP) is 1.72. The minimum absolute atomic E-state index is 0.234. The molecular formula is C14H12N6O2. The maximum absolute atomic E-state index is 5.88. The van der Waals surface area contributed by atoms with E-state index in [9.17, 15) is 0 Å². The highest BCUT2D eigenvalue weighted by atomic mass is 16.7. The van der Waals surface area contributed by atoms with Crippen molar-refractivity contribution in [2.45, 2.75) is 0 Å². The van der Waals surface area contributed by atoms with Gasteiger partial charge in [-0.15, -0.1) is 5.10 Å². The molecule has 2 aromatic heterocycles. The zero-order chi connectivity index (χ0) is 14.9. The van der Waals surface area contributed by atoms with E-state index in [0.29, 0.717) is 17.5 Å². The Labute approximate surface area is 125 Å². The Morgan fingerprint density at radius 3 is 2.91 bits per heavy atom. The van der Waals surface area contributed by atoms with Gasteiger partial charge in [-0.05, 0) is 24.3 Å². The van der Waals surface area contributed by atoms with Gasteiger partial charge in [-0.25, -0.2) is 4.98 Å². The lowest BCUT2D eigenvalue weighted by Crippen LogP contribution is -2.04. The van der Waals surface area contributed by atoms with Crippen molar-refractivity contribution in [3.8, 4) is 17.3 Å². The van der Waals surface area contributed by atoms with Crippen LogP contribution in [-0.4, -0.2) is 26.5 Å². The molecule has 0 fully saturated rings. The molecule has 0 atom stereocenters. The molecule has 0 unspecified atom stereocenters. The normalized spacial score (nSPS) is 12.4. The molecule has 1 aliphatic heterocycles. The third-order valence-corrected chi connectivity index (χ3v) is 3.13. The van der Waals surface area contributed by atoms with E-state index in [-0.39, 0.29) is 12.7 Å². The van der Waals surface area contributed by atoms with Gasteiger partial charge in [-0.1, -0.05) is 6.07 Å². The number of benzene rings is 1. The van der Waals surface area contributed by atoms with Gasteiger partial charge in [0.1, 0.15) is 0 Å². The zero-order valence-electron chi connectivity index (χ0n) is 11.4. The minimum atomic E-state index is 0.234. The lowest BCUT2D eigenvalue weighted by atomic mass is 10.3. The van der Waals surface area contributed by atoms with Gasteiger partial charge in [0.05, 0.1) is 0 Å². The van der Waals surface area contributed by atoms with Crippen molar-refractivity contribution in [3.05, 3.63) is 42.6 Å². The molecule has 0 saturated carbocycles. The number of nitrogens with zero attached hydrogens (tertiary/aromatic N) is 4. The number of fused-ring (bicyclic) bond motifs is 1. The van der Waals surface area contributed by atoms with Crippen LogP contribution in [0.3, 0.4) is 0 Å². The smallest absolute Gasteiger partial charge is 0.248 e. The Kier molecular flexibility index (Phi) is 2.78. The van der Waals surface area contributed by atoms with E-state index < -0.39 is 0 Å². The molecule has 0 bridgehead atoms. The maximum atomic E-state index is 5.88. The van der Waals surface area contributed by atoms with E-state index in [1.165, 1.54) is 4.68 Å². The predicted molar refractivity (Wildman–Crippen MR) is 79.4 cm³/mol. The number of hydrogen-bond donors (Lipinski definition) is 2. The first kappa shape index (κ1) is 12.5. The van der Waals surface area contributed by atoms with Crippen LogP contribution in [-0.2, 0) is 0 Å². The van der Waals surface area contributed by atoms with Crippen LogP contribution in [0.15, 0.2) is 42.6 Å². The van der Waals surface area contributed by atoms with Crippen LogP contribution >= 0.6 is 0 Å². The zero-order valence-corrected chi connectivity index (χ0v) is 11.4. The Morgan fingerprint density at radius 1 is 1.14 bits per heavy atom. The second kappa shape index (κ2) is 4.92. The van der Waals surface area contributed by atoms with Crippen molar-refractivity contribution in [1.82, 2.24) is 19.7 Å². The number of ether oxygens (including phenoxy) is 2. The molecule has 0 amide bonds. The second-order valence-electron chi connectivity index (χ2n) is 4.59. The molecule has 8 heteroatoms. The van der Waals surface area contributed by atoms with Gasteiger partial charge in [0.25, 0.3) is 0 Å². The molecule has 3 aromatic rings. The standard InChI is InChI=1S/C14H12N6O2/c15-13-18-14(19-20(13)12-3-1-2-6-16-12)17-9-4-5-10-11(7-9)22-8-21-10/h1-7H,8H2,(H3,15,17,18,19). The van der Waals surface area contributed by atoms with Gasteiger partial charge >= 0.3 is 0 Å². The summed E-state index contributed by atoms with van der Waals surface area (Å²) in [6, 6.07) is 11.0. The average molecular weight is 296 g/mol. The molecular weight excluding hydrogens is 284 g/mol. The first-order valence-electron chi connectivity index (χ1n) is 6.60. The Balaban J connectivity index is 1.62. The molecule has 22 heavy (non-hydrogen) atoms. The van der Waals surface area contributed by atoms with Gasteiger partial charge < -0.3 is 20.5 Å². The van der Waals surface area contributed by atoms with Crippen molar-refractivity contribution in [1.29, 1.82) is 0 Å². The van der Waals surface area contributed by atoms with Crippen LogP contribution in [0.1, 0.15) is 0 Å². The van der Waals surface area contributed by atoms with E-state index >= 15 is 0 Å². The van der Waals surface area contributed by atoms with Gasteiger partial charge in [0.2, 0.25) is 18.7 Å². The van der Waals surface area contributed by atoms with Gasteiger partial charge in [0.15, 0.2) is 17.3 Å². The molecule has 3 N–H and O–H groups in total. The summed E-state index contributed by atoms with van der Waals surface area (Å²) in [6.45, 7) is 0.234. The highest BCUT2D eigenvalue weighted by Gasteiger charge is 2.15. The third kappa shape index (κ3) is 2.16. The molecule has 0 spiro atoms. The van der Waals surface area contributed by atoms with Crippen LogP contribution in [0, 0.1) is 0 Å². The van der Waals surface area contributed by atoms with Crippen molar-refractivity contribution in [3.63, 3.8) is 0 Å². The molecule has 4 rings (SSSR count). The van der Waals surface area contributed by atoms with Gasteiger partial charge in [-0.3, -0.25) is 0 Å². The van der Waals surface area contributed by atoms with E-state index in [4.69, 9.17) is 15.2 Å². The maximum Gasteiger partial charge on any atom is 0.248 e. The number of rotatable bonds is 3. The molecule has 1 aliphatic rings. The van der Waals surface area contributed by atoms with Crippen molar-refractivity contribution in [2.75, 3.05) is 17.8 Å². The summed E-state index contributed by atoms with van der Waals surface area (Å²) >= 11 is 0. The fourth-order valence-corrected chi connectivity index (χ4v) is 2.13. The summed E-state index contributed by atoms with van der Waals surface area (Å²) in [5.74, 6) is 2.63. The Bertz CT molecular complexity index is 817. The van der Waals surface area contributed by atoms with Crippen LogP contribution in [0.2, 0.25) is 0 Å². The lowest BCUT2D eigenvalue weighted by Gasteiger charge is -2.03. The topological polar surface area (TPSA) is 100 Å². The first-order valence-corrected chi connectivity index (χ1v) is 6.60. The fraction of sp³-hybridized carbons (Fsp3) is 0.0714. The molecule has 0 saturated heterocycles. The molecule has 3 heterocycles. The molecule has 1 aromatic carbocycles. The largest absolute Gasteiger partial charge is 0.454 e. The average Bonchev–Trinajstić information content (AvgIpc) is 3.14. The molecule has 0 aliphatic carbocycles. The van der Waals surface area contributed by atoms with Gasteiger partial charge in [-0.2, -0.15) is 9.67 Å². The van der Waals surface area contributed by atoms with E-state index in [0.717, 1.165) is 11.4 Å². The minimum Gasteiger partial charge on any atom is -0.454 e. The number of nitrogens with two attached hydrogens (primary N) is 1. The molecule has 0 radical (unpaired) electrons. The number of hydrogen-bond acceptors (Lipinski definition) is 7. The summed E-state index contributed by atoms with van der Waals surface area (Å²) < 4.78 is 12.1. The summed E-state index contributed by atoms with van der Waals surface area (Å²) in [5.41, 5.74) is 6.66. The lowest BCUT2D eigenvalue weighted by molar-refractivity contribution is 0.174. The highest BCUT2D eigenvalue weighted by Crippen LogP contribution is 2.34. The Hall–Kier alpha value is -3.29. The first-order chi connectivity index (χ1) is 10.8. The number of nitrogens with one attached hydrogen (secondary N) is 1. The van der Waals surface area contributed by atoms with Crippen molar-refractivity contribution >= 4 is 17.6 Å². The van der Waals surface area contributed by atoms with E-state index in [2.05, 4.69) is 20.4 Å². The van der Waals surface area contributed by atoms with E-state index in [1.807, 2.05) is 30.3 Å². The molecule has 8 nitrogen and oxygen atoms in total. The van der Waals surface area contributed by atoms with Crippen molar-refractivity contribution in [2.24, 2.45) is 0 Å². The Morgan fingerprint density at radius 2 is 2.05 bits per heavy atom. The fourth-order valence-electron chi connectivity index (χ4n) is 2.13. The van der Waals surface area contributed by atoms with Crippen LogP contribution in [0.4, 0.5) is 17.6 Å². The van der Waals surface area contributed by atoms with Crippen LogP contribution in [0.5, 0.6) is 11.5 Å². The summed E-state index contributed by atoms with van der Waals surface area (Å²) in [7, 11) is 0. The highest BCUT2D eigenvalue weighted by molar-refractivity contribution is 5.60.